The molecule has 33 heavy (non-hydrogen) atoms. The lowest BCUT2D eigenvalue weighted by Crippen LogP contribution is -2.49. The highest BCUT2D eigenvalue weighted by Gasteiger charge is 2.29. The van der Waals surface area contributed by atoms with E-state index in [9.17, 15) is 9.59 Å². The summed E-state index contributed by atoms with van der Waals surface area (Å²) in [7, 11) is 0. The molecular formula is C28H39ClN2O2. The Bertz CT molecular complexity index is 916. The summed E-state index contributed by atoms with van der Waals surface area (Å²) < 4.78 is 0. The summed E-state index contributed by atoms with van der Waals surface area (Å²) in [6, 6.07) is 15.4. The highest BCUT2D eigenvalue weighted by atomic mass is 35.5. The van der Waals surface area contributed by atoms with Gasteiger partial charge in [0, 0.05) is 24.5 Å². The van der Waals surface area contributed by atoms with Crippen molar-refractivity contribution in [2.24, 2.45) is 5.92 Å². The van der Waals surface area contributed by atoms with Crippen LogP contribution in [0.5, 0.6) is 0 Å². The molecule has 2 aromatic carbocycles. The minimum Gasteiger partial charge on any atom is -0.354 e. The molecule has 0 unspecified atom stereocenters. The lowest BCUT2D eigenvalue weighted by atomic mass is 9.86. The van der Waals surface area contributed by atoms with E-state index < -0.39 is 6.04 Å². The quantitative estimate of drug-likeness (QED) is 0.452. The second kappa shape index (κ2) is 12.2. The minimum atomic E-state index is -0.532. The summed E-state index contributed by atoms with van der Waals surface area (Å²) >= 11 is 6.39. The Morgan fingerprint density at radius 2 is 1.67 bits per heavy atom. The third kappa shape index (κ3) is 8.19. The molecule has 0 heterocycles. The van der Waals surface area contributed by atoms with Crippen LogP contribution in [0.15, 0.2) is 48.5 Å². The van der Waals surface area contributed by atoms with Crippen molar-refractivity contribution in [3.05, 3.63) is 70.2 Å². The van der Waals surface area contributed by atoms with Crippen molar-refractivity contribution >= 4 is 23.4 Å². The van der Waals surface area contributed by atoms with Crippen LogP contribution in [0, 0.1) is 5.92 Å². The largest absolute Gasteiger partial charge is 0.354 e. The van der Waals surface area contributed by atoms with Crippen molar-refractivity contribution < 1.29 is 9.59 Å². The molecular weight excluding hydrogens is 432 g/mol. The van der Waals surface area contributed by atoms with Crippen molar-refractivity contribution in [2.45, 2.75) is 78.8 Å². The second-order valence-corrected chi connectivity index (χ2v) is 10.5. The van der Waals surface area contributed by atoms with E-state index in [4.69, 9.17) is 11.6 Å². The van der Waals surface area contributed by atoms with E-state index in [-0.39, 0.29) is 17.2 Å². The minimum absolute atomic E-state index is 0.0404. The number of hydrogen-bond donors (Lipinski definition) is 1. The summed E-state index contributed by atoms with van der Waals surface area (Å²) in [5, 5.41) is 3.60. The Kier molecular flexibility index (Phi) is 9.97. The Hall–Kier alpha value is -2.33. The zero-order valence-corrected chi connectivity index (χ0v) is 21.7. The number of hydrogen-bond acceptors (Lipinski definition) is 2. The van der Waals surface area contributed by atoms with Crippen LogP contribution in [-0.4, -0.2) is 29.3 Å². The number of amides is 2. The maximum Gasteiger partial charge on any atom is 0.242 e. The van der Waals surface area contributed by atoms with E-state index in [1.165, 1.54) is 5.56 Å². The van der Waals surface area contributed by atoms with E-state index in [2.05, 4.69) is 64.2 Å². The summed E-state index contributed by atoms with van der Waals surface area (Å²) in [5.74, 6) is 0.192. The van der Waals surface area contributed by atoms with Gasteiger partial charge in [0.25, 0.3) is 0 Å². The van der Waals surface area contributed by atoms with Crippen LogP contribution in [0.1, 0.15) is 71.1 Å². The van der Waals surface area contributed by atoms with Gasteiger partial charge in [-0.1, -0.05) is 95.6 Å². The summed E-state index contributed by atoms with van der Waals surface area (Å²) in [6.07, 6.45) is 1.51. The molecule has 5 heteroatoms. The first-order valence-electron chi connectivity index (χ1n) is 11.9. The SMILES string of the molecule is CC[C@H](C(=O)NCC(C)C)N(Cc1ccccc1Cl)C(=O)CCc1ccc(C(C)(C)C)cc1. The Morgan fingerprint density at radius 1 is 1.03 bits per heavy atom. The number of benzene rings is 2. The van der Waals surface area contributed by atoms with Crippen molar-refractivity contribution in [3.8, 4) is 0 Å². The van der Waals surface area contributed by atoms with E-state index in [0.717, 1.165) is 11.1 Å². The van der Waals surface area contributed by atoms with Crippen molar-refractivity contribution in [1.82, 2.24) is 10.2 Å². The Labute approximate surface area is 204 Å². The van der Waals surface area contributed by atoms with E-state index in [0.29, 0.717) is 43.3 Å². The molecule has 0 spiro atoms. The van der Waals surface area contributed by atoms with Gasteiger partial charge in [-0.25, -0.2) is 0 Å². The van der Waals surface area contributed by atoms with Crippen LogP contribution >= 0.6 is 11.6 Å². The van der Waals surface area contributed by atoms with Gasteiger partial charge < -0.3 is 10.2 Å². The maximum atomic E-state index is 13.4. The number of halogens is 1. The van der Waals surface area contributed by atoms with Crippen molar-refractivity contribution in [1.29, 1.82) is 0 Å². The number of aryl methyl sites for hydroxylation is 1. The molecule has 0 saturated heterocycles. The van der Waals surface area contributed by atoms with Gasteiger partial charge >= 0.3 is 0 Å². The molecule has 1 atom stereocenters. The molecule has 180 valence electrons. The van der Waals surface area contributed by atoms with Crippen LogP contribution < -0.4 is 5.32 Å². The fourth-order valence-electron chi connectivity index (χ4n) is 3.72. The van der Waals surface area contributed by atoms with Gasteiger partial charge in [0.1, 0.15) is 6.04 Å². The maximum absolute atomic E-state index is 13.4. The normalized spacial score (nSPS) is 12.5. The van der Waals surface area contributed by atoms with Crippen molar-refractivity contribution in [2.75, 3.05) is 6.54 Å². The summed E-state index contributed by atoms with van der Waals surface area (Å²) in [6.45, 7) is 13.5. The van der Waals surface area contributed by atoms with Gasteiger partial charge in [-0.05, 0) is 46.9 Å². The van der Waals surface area contributed by atoms with Gasteiger partial charge in [0.2, 0.25) is 11.8 Å². The monoisotopic (exact) mass is 470 g/mol. The van der Waals surface area contributed by atoms with Crippen LogP contribution in [0.4, 0.5) is 0 Å². The standard InChI is InChI=1S/C28H39ClN2O2/c1-7-25(27(33)30-18-20(2)3)31(19-22-10-8-9-11-24(22)29)26(32)17-14-21-12-15-23(16-13-21)28(4,5)6/h8-13,15-16,20,25H,7,14,17-19H2,1-6H3,(H,30,33)/t25-/m1/s1. The van der Waals surface area contributed by atoms with Gasteiger partial charge in [-0.2, -0.15) is 0 Å². The average molecular weight is 471 g/mol. The number of nitrogens with one attached hydrogen (secondary N) is 1. The zero-order valence-electron chi connectivity index (χ0n) is 21.0. The van der Waals surface area contributed by atoms with Gasteiger partial charge in [0.05, 0.1) is 0 Å². The third-order valence-electron chi connectivity index (χ3n) is 5.82. The molecule has 0 aliphatic carbocycles. The Balaban J connectivity index is 2.19. The predicted molar refractivity (Wildman–Crippen MR) is 137 cm³/mol. The lowest BCUT2D eigenvalue weighted by Gasteiger charge is -2.31. The molecule has 2 rings (SSSR count). The number of carbonyl (C=O) groups excluding carboxylic acids is 2. The third-order valence-corrected chi connectivity index (χ3v) is 6.19. The van der Waals surface area contributed by atoms with E-state index >= 15 is 0 Å². The zero-order chi connectivity index (χ0) is 24.6. The van der Waals surface area contributed by atoms with Gasteiger partial charge in [-0.15, -0.1) is 0 Å². The molecule has 0 bridgehead atoms. The number of nitrogens with zero attached hydrogens (tertiary/aromatic N) is 1. The van der Waals surface area contributed by atoms with Crippen LogP contribution in [-0.2, 0) is 28.0 Å². The van der Waals surface area contributed by atoms with E-state index in [1.54, 1.807) is 4.90 Å². The molecule has 1 N–H and O–H groups in total. The molecule has 2 amide bonds. The van der Waals surface area contributed by atoms with Gasteiger partial charge in [-0.3, -0.25) is 9.59 Å². The number of rotatable bonds is 10. The lowest BCUT2D eigenvalue weighted by molar-refractivity contribution is -0.141. The first kappa shape index (κ1) is 26.9. The average Bonchev–Trinajstić information content (AvgIpc) is 2.76. The smallest absolute Gasteiger partial charge is 0.242 e. The van der Waals surface area contributed by atoms with Crippen LogP contribution in [0.3, 0.4) is 0 Å². The molecule has 0 aromatic heterocycles. The van der Waals surface area contributed by atoms with Gasteiger partial charge in [0.15, 0.2) is 0 Å². The van der Waals surface area contributed by atoms with Crippen LogP contribution in [0.25, 0.3) is 0 Å². The second-order valence-electron chi connectivity index (χ2n) is 10.1. The molecule has 0 saturated carbocycles. The van der Waals surface area contributed by atoms with E-state index in [1.807, 2.05) is 31.2 Å². The first-order valence-corrected chi connectivity index (χ1v) is 12.3. The topological polar surface area (TPSA) is 49.4 Å². The molecule has 0 fully saturated rings. The van der Waals surface area contributed by atoms with Crippen LogP contribution in [0.2, 0.25) is 5.02 Å². The molecule has 4 nitrogen and oxygen atoms in total. The first-order chi connectivity index (χ1) is 15.5. The van der Waals surface area contributed by atoms with Crippen molar-refractivity contribution in [3.63, 3.8) is 0 Å². The Morgan fingerprint density at radius 3 is 2.21 bits per heavy atom. The summed E-state index contributed by atoms with van der Waals surface area (Å²) in [5.41, 5.74) is 3.33. The molecule has 2 aromatic rings. The fraction of sp³-hybridized carbons (Fsp3) is 0.500. The fourth-order valence-corrected chi connectivity index (χ4v) is 3.91. The highest BCUT2D eigenvalue weighted by molar-refractivity contribution is 6.31. The number of carbonyl (C=O) groups is 2. The molecule has 0 aliphatic rings. The molecule has 0 radical (unpaired) electrons. The highest BCUT2D eigenvalue weighted by Crippen LogP contribution is 2.23. The molecule has 0 aliphatic heterocycles. The predicted octanol–water partition coefficient (Wildman–Crippen LogP) is 6.15. The summed E-state index contributed by atoms with van der Waals surface area (Å²) in [4.78, 5) is 28.1.